The molecule has 5 nitrogen and oxygen atoms in total. The monoisotopic (exact) mass is 271 g/mol. The second kappa shape index (κ2) is 6.63. The lowest BCUT2D eigenvalue weighted by atomic mass is 10.3. The molecule has 20 heavy (non-hydrogen) atoms. The van der Waals surface area contributed by atoms with Crippen molar-refractivity contribution in [1.29, 1.82) is 0 Å². The van der Waals surface area contributed by atoms with Gasteiger partial charge in [0.1, 0.15) is 0 Å². The maximum absolute atomic E-state index is 4.46. The van der Waals surface area contributed by atoms with Gasteiger partial charge in [0, 0.05) is 12.6 Å². The Balaban J connectivity index is 1.38. The molecule has 0 radical (unpaired) electrons. The number of aromatic nitrogens is 3. The fraction of sp³-hybridized carbons (Fsp3) is 0.467. The minimum atomic E-state index is 0.774. The molecule has 0 spiro atoms. The third kappa shape index (κ3) is 3.88. The second-order valence-electron chi connectivity index (χ2n) is 5.22. The van der Waals surface area contributed by atoms with Crippen LogP contribution in [-0.4, -0.2) is 34.1 Å². The van der Waals surface area contributed by atoms with Gasteiger partial charge in [-0.3, -0.25) is 0 Å². The molecule has 3 rings (SSSR count). The Morgan fingerprint density at radius 2 is 2.00 bits per heavy atom. The van der Waals surface area contributed by atoms with Crippen molar-refractivity contribution >= 4 is 0 Å². The zero-order chi connectivity index (χ0) is 13.6. The summed E-state index contributed by atoms with van der Waals surface area (Å²) < 4.78 is 0. The molecule has 1 fully saturated rings. The average molecular weight is 271 g/mol. The fourth-order valence-corrected chi connectivity index (χ4v) is 2.08. The molecule has 0 saturated heterocycles. The highest BCUT2D eigenvalue weighted by atomic mass is 15.5. The summed E-state index contributed by atoms with van der Waals surface area (Å²) in [5.74, 6) is 0. The Morgan fingerprint density at radius 3 is 2.80 bits per heavy atom. The third-order valence-electron chi connectivity index (χ3n) is 3.37. The van der Waals surface area contributed by atoms with Gasteiger partial charge < -0.3 is 10.6 Å². The van der Waals surface area contributed by atoms with Crippen LogP contribution >= 0.6 is 0 Å². The zero-order valence-corrected chi connectivity index (χ0v) is 11.6. The molecule has 1 aromatic heterocycles. The first-order chi connectivity index (χ1) is 9.92. The molecular formula is C15H21N5. The molecule has 2 N–H and O–H groups in total. The number of para-hydroxylation sites is 1. The van der Waals surface area contributed by atoms with Crippen LogP contribution in [0.2, 0.25) is 0 Å². The molecule has 1 aliphatic rings. The quantitative estimate of drug-likeness (QED) is 0.714. The van der Waals surface area contributed by atoms with E-state index in [9.17, 15) is 0 Å². The fourth-order valence-electron chi connectivity index (χ4n) is 2.08. The van der Waals surface area contributed by atoms with Crippen LogP contribution in [0.1, 0.15) is 25.0 Å². The van der Waals surface area contributed by atoms with E-state index in [0.717, 1.165) is 43.5 Å². The van der Waals surface area contributed by atoms with Crippen LogP contribution in [0.4, 0.5) is 0 Å². The Bertz CT molecular complexity index is 518. The molecule has 1 saturated carbocycles. The van der Waals surface area contributed by atoms with Crippen molar-refractivity contribution in [2.24, 2.45) is 0 Å². The molecule has 5 heteroatoms. The molecule has 0 aliphatic heterocycles. The summed E-state index contributed by atoms with van der Waals surface area (Å²) in [7, 11) is 0. The maximum atomic E-state index is 4.46. The van der Waals surface area contributed by atoms with E-state index in [1.54, 1.807) is 4.80 Å². The van der Waals surface area contributed by atoms with Gasteiger partial charge in [-0.1, -0.05) is 18.2 Å². The highest BCUT2D eigenvalue weighted by Gasteiger charge is 2.19. The minimum Gasteiger partial charge on any atom is -0.314 e. The summed E-state index contributed by atoms with van der Waals surface area (Å²) in [5, 5.41) is 15.7. The Hall–Kier alpha value is -1.72. The highest BCUT2D eigenvalue weighted by molar-refractivity contribution is 5.28. The lowest BCUT2D eigenvalue weighted by molar-refractivity contribution is 0.587. The summed E-state index contributed by atoms with van der Waals surface area (Å²) in [6.07, 6.45) is 5.69. The third-order valence-corrected chi connectivity index (χ3v) is 3.37. The first-order valence-electron chi connectivity index (χ1n) is 7.32. The Kier molecular flexibility index (Phi) is 4.40. The normalized spacial score (nSPS) is 14.6. The molecule has 1 heterocycles. The second-order valence-corrected chi connectivity index (χ2v) is 5.22. The first-order valence-corrected chi connectivity index (χ1v) is 7.32. The molecule has 106 valence electrons. The molecule has 0 unspecified atom stereocenters. The Morgan fingerprint density at radius 1 is 1.15 bits per heavy atom. The largest absolute Gasteiger partial charge is 0.314 e. The lowest BCUT2D eigenvalue weighted by Crippen LogP contribution is -2.23. The highest BCUT2D eigenvalue weighted by Crippen LogP contribution is 2.18. The van der Waals surface area contributed by atoms with Crippen molar-refractivity contribution in [3.05, 3.63) is 42.2 Å². The number of rotatable bonds is 8. The van der Waals surface area contributed by atoms with Gasteiger partial charge in [-0.25, -0.2) is 0 Å². The zero-order valence-electron chi connectivity index (χ0n) is 11.6. The van der Waals surface area contributed by atoms with Crippen LogP contribution in [0, 0.1) is 0 Å². The molecule has 0 bridgehead atoms. The average Bonchev–Trinajstić information content (AvgIpc) is 3.20. The first kappa shape index (κ1) is 13.3. The standard InChI is InChI=1S/C15H21N5/c1-2-5-15(6-3-1)20-18-12-14(19-20)11-16-9-4-10-17-13-7-8-13/h1-3,5-6,12-13,16-17H,4,7-11H2. The van der Waals surface area contributed by atoms with Gasteiger partial charge >= 0.3 is 0 Å². The molecule has 1 aliphatic carbocycles. The summed E-state index contributed by atoms with van der Waals surface area (Å²) in [6.45, 7) is 2.89. The molecule has 0 amide bonds. The van der Waals surface area contributed by atoms with Crippen molar-refractivity contribution in [2.45, 2.75) is 31.8 Å². The van der Waals surface area contributed by atoms with Crippen molar-refractivity contribution in [3.63, 3.8) is 0 Å². The van der Waals surface area contributed by atoms with E-state index >= 15 is 0 Å². The smallest absolute Gasteiger partial charge is 0.0969 e. The van der Waals surface area contributed by atoms with E-state index in [4.69, 9.17) is 0 Å². The van der Waals surface area contributed by atoms with E-state index in [2.05, 4.69) is 20.8 Å². The number of benzene rings is 1. The molecular weight excluding hydrogens is 250 g/mol. The van der Waals surface area contributed by atoms with Gasteiger partial charge in [0.05, 0.1) is 17.6 Å². The van der Waals surface area contributed by atoms with Crippen LogP contribution in [0.15, 0.2) is 36.5 Å². The van der Waals surface area contributed by atoms with E-state index in [0.29, 0.717) is 0 Å². The predicted octanol–water partition coefficient (Wildman–Crippen LogP) is 1.50. The van der Waals surface area contributed by atoms with Gasteiger partial charge in [0.2, 0.25) is 0 Å². The van der Waals surface area contributed by atoms with Gasteiger partial charge in [0.25, 0.3) is 0 Å². The van der Waals surface area contributed by atoms with Crippen molar-refractivity contribution in [3.8, 4) is 5.69 Å². The van der Waals surface area contributed by atoms with Gasteiger partial charge in [-0.2, -0.15) is 15.0 Å². The number of nitrogens with one attached hydrogen (secondary N) is 2. The summed E-state index contributed by atoms with van der Waals surface area (Å²) in [6, 6.07) is 10.8. The van der Waals surface area contributed by atoms with Gasteiger partial charge in [0.15, 0.2) is 0 Å². The van der Waals surface area contributed by atoms with Crippen LogP contribution < -0.4 is 10.6 Å². The summed E-state index contributed by atoms with van der Waals surface area (Å²) in [5.41, 5.74) is 1.97. The maximum Gasteiger partial charge on any atom is 0.0969 e. The van der Waals surface area contributed by atoms with Crippen molar-refractivity contribution in [2.75, 3.05) is 13.1 Å². The Labute approximate surface area is 119 Å². The van der Waals surface area contributed by atoms with Crippen molar-refractivity contribution < 1.29 is 0 Å². The summed E-state index contributed by atoms with van der Waals surface area (Å²) in [4.78, 5) is 1.67. The number of hydrogen-bond donors (Lipinski definition) is 2. The topological polar surface area (TPSA) is 54.8 Å². The van der Waals surface area contributed by atoms with E-state index in [1.807, 2.05) is 36.5 Å². The minimum absolute atomic E-state index is 0.774. The molecule has 1 aromatic carbocycles. The van der Waals surface area contributed by atoms with Crippen LogP contribution in [0.5, 0.6) is 0 Å². The van der Waals surface area contributed by atoms with Crippen LogP contribution in [0.25, 0.3) is 5.69 Å². The van der Waals surface area contributed by atoms with E-state index < -0.39 is 0 Å². The van der Waals surface area contributed by atoms with Crippen LogP contribution in [0.3, 0.4) is 0 Å². The van der Waals surface area contributed by atoms with Gasteiger partial charge in [-0.05, 0) is 44.5 Å². The van der Waals surface area contributed by atoms with Crippen LogP contribution in [-0.2, 0) is 6.54 Å². The van der Waals surface area contributed by atoms with Gasteiger partial charge in [-0.15, -0.1) is 0 Å². The molecule has 0 atom stereocenters. The molecule has 2 aromatic rings. The lowest BCUT2D eigenvalue weighted by Gasteiger charge is -2.03. The van der Waals surface area contributed by atoms with E-state index in [1.165, 1.54) is 12.8 Å². The predicted molar refractivity (Wildman–Crippen MR) is 78.7 cm³/mol. The van der Waals surface area contributed by atoms with E-state index in [-0.39, 0.29) is 0 Å². The SMILES string of the molecule is c1ccc(-n2ncc(CNCCCNC3CC3)n2)cc1. The number of hydrogen-bond acceptors (Lipinski definition) is 4. The van der Waals surface area contributed by atoms with Crippen molar-refractivity contribution in [1.82, 2.24) is 25.6 Å². The summed E-state index contributed by atoms with van der Waals surface area (Å²) >= 11 is 0. The number of nitrogens with zero attached hydrogens (tertiary/aromatic N) is 3.